The van der Waals surface area contributed by atoms with Gasteiger partial charge in [-0.1, -0.05) is 176 Å². The van der Waals surface area contributed by atoms with Crippen molar-refractivity contribution < 1.29 is 4.42 Å². The Hall–Kier alpha value is -7.94. The Morgan fingerprint density at radius 3 is 1.42 bits per heavy atom. The van der Waals surface area contributed by atoms with E-state index in [0.717, 1.165) is 50.1 Å². The van der Waals surface area contributed by atoms with Gasteiger partial charge in [0.1, 0.15) is 11.2 Å². The summed E-state index contributed by atoms with van der Waals surface area (Å²) in [5.74, 6) is 0. The maximum Gasteiger partial charge on any atom is 0.135 e. The third-order valence-electron chi connectivity index (χ3n) is 11.7. The lowest BCUT2D eigenvalue weighted by atomic mass is 9.91. The van der Waals surface area contributed by atoms with Crippen molar-refractivity contribution in [3.8, 4) is 55.6 Å². The molecule has 0 fully saturated rings. The van der Waals surface area contributed by atoms with E-state index >= 15 is 0 Å². The van der Waals surface area contributed by atoms with E-state index < -0.39 is 0 Å². The maximum absolute atomic E-state index is 6.12. The zero-order chi connectivity index (χ0) is 39.8. The molecule has 0 saturated heterocycles. The summed E-state index contributed by atoms with van der Waals surface area (Å²) in [6, 6.07) is 84.9. The Kier molecular flexibility index (Phi) is 8.87. The molecule has 282 valence electrons. The van der Waals surface area contributed by atoms with Gasteiger partial charge in [0.25, 0.3) is 0 Å². The van der Waals surface area contributed by atoms with Crippen LogP contribution in [0.5, 0.6) is 0 Å². The molecular weight excluding hydrogens is 727 g/mol. The predicted octanol–water partition coefficient (Wildman–Crippen LogP) is 16.5. The van der Waals surface area contributed by atoms with Gasteiger partial charge in [0.05, 0.1) is 0 Å². The Morgan fingerprint density at radius 1 is 0.250 bits per heavy atom. The Morgan fingerprint density at radius 2 is 0.700 bits per heavy atom. The van der Waals surface area contributed by atoms with Crippen molar-refractivity contribution in [2.45, 2.75) is 0 Å². The van der Waals surface area contributed by atoms with Gasteiger partial charge in [0.2, 0.25) is 0 Å². The summed E-state index contributed by atoms with van der Waals surface area (Å²) < 4.78 is 6.12. The molecule has 11 rings (SSSR count). The van der Waals surface area contributed by atoms with Gasteiger partial charge in [-0.25, -0.2) is 0 Å². The second-order valence-electron chi connectivity index (χ2n) is 15.3. The first kappa shape index (κ1) is 35.2. The quantitative estimate of drug-likeness (QED) is 0.153. The zero-order valence-corrected chi connectivity index (χ0v) is 32.9. The molecule has 60 heavy (non-hydrogen) atoms. The molecule has 1 aromatic heterocycles. The van der Waals surface area contributed by atoms with Crippen LogP contribution in [0.2, 0.25) is 0 Å². The van der Waals surface area contributed by atoms with Gasteiger partial charge in [-0.15, -0.1) is 0 Å². The molecule has 0 aliphatic heterocycles. The van der Waals surface area contributed by atoms with Crippen LogP contribution in [0.25, 0.3) is 88.3 Å². The average Bonchev–Trinajstić information content (AvgIpc) is 3.71. The van der Waals surface area contributed by atoms with Crippen molar-refractivity contribution >= 4 is 49.8 Å². The average molecular weight is 766 g/mol. The number of hydrogen-bond donors (Lipinski definition) is 0. The molecule has 0 atom stereocenters. The molecule has 0 N–H and O–H groups in total. The first-order valence-electron chi connectivity index (χ1n) is 20.5. The molecule has 0 amide bonds. The standard InChI is InChI=1S/C58H39NO/c1-2-12-40(13-3-1)41-24-31-48(32-25-41)59(49-33-26-42(27-34-49)45-30-37-58-56(39-45)55-21-8-9-23-57(55)60-58)50-35-28-44(29-36-50)52-19-6-7-20-53(52)46-16-10-17-47(38-46)54-22-11-15-43-14-4-5-18-51(43)54/h1-39H. The predicted molar refractivity (Wildman–Crippen MR) is 253 cm³/mol. The normalized spacial score (nSPS) is 11.3. The molecule has 0 aliphatic rings. The number of benzene rings is 10. The van der Waals surface area contributed by atoms with Gasteiger partial charge in [-0.05, 0) is 127 Å². The van der Waals surface area contributed by atoms with Crippen molar-refractivity contribution in [2.75, 3.05) is 4.90 Å². The summed E-state index contributed by atoms with van der Waals surface area (Å²) >= 11 is 0. The first-order valence-corrected chi connectivity index (χ1v) is 20.5. The van der Waals surface area contributed by atoms with Crippen LogP contribution < -0.4 is 4.90 Å². The summed E-state index contributed by atoms with van der Waals surface area (Å²) in [6.07, 6.45) is 0. The van der Waals surface area contributed by atoms with E-state index in [9.17, 15) is 0 Å². The molecular formula is C58H39NO. The summed E-state index contributed by atoms with van der Waals surface area (Å²) in [7, 11) is 0. The van der Waals surface area contributed by atoms with Crippen LogP contribution in [0.3, 0.4) is 0 Å². The van der Waals surface area contributed by atoms with Crippen molar-refractivity contribution in [3.63, 3.8) is 0 Å². The molecule has 0 aliphatic carbocycles. The fourth-order valence-electron chi connectivity index (χ4n) is 8.70. The topological polar surface area (TPSA) is 16.4 Å². The van der Waals surface area contributed by atoms with Gasteiger partial charge in [-0.3, -0.25) is 0 Å². The third-order valence-corrected chi connectivity index (χ3v) is 11.7. The molecule has 1 heterocycles. The fourth-order valence-corrected chi connectivity index (χ4v) is 8.70. The van der Waals surface area contributed by atoms with Crippen LogP contribution in [0.1, 0.15) is 0 Å². The minimum Gasteiger partial charge on any atom is -0.456 e. The second kappa shape index (κ2) is 15.1. The highest BCUT2D eigenvalue weighted by molar-refractivity contribution is 6.06. The molecule has 10 aromatic carbocycles. The summed E-state index contributed by atoms with van der Waals surface area (Å²) in [4.78, 5) is 2.34. The maximum atomic E-state index is 6.12. The van der Waals surface area contributed by atoms with Crippen LogP contribution in [0, 0.1) is 0 Å². The summed E-state index contributed by atoms with van der Waals surface area (Å²) in [6.45, 7) is 0. The van der Waals surface area contributed by atoms with Crippen molar-refractivity contribution in [1.82, 2.24) is 0 Å². The van der Waals surface area contributed by atoms with Gasteiger partial charge in [0, 0.05) is 27.8 Å². The van der Waals surface area contributed by atoms with E-state index in [1.807, 2.05) is 12.1 Å². The molecule has 2 heteroatoms. The molecule has 0 saturated carbocycles. The van der Waals surface area contributed by atoms with E-state index in [1.165, 1.54) is 55.3 Å². The van der Waals surface area contributed by atoms with E-state index in [2.05, 4.69) is 229 Å². The highest BCUT2D eigenvalue weighted by atomic mass is 16.3. The number of para-hydroxylation sites is 1. The van der Waals surface area contributed by atoms with Crippen LogP contribution in [-0.4, -0.2) is 0 Å². The smallest absolute Gasteiger partial charge is 0.135 e. The van der Waals surface area contributed by atoms with E-state index in [-0.39, 0.29) is 0 Å². The zero-order valence-electron chi connectivity index (χ0n) is 32.9. The number of furan rings is 1. The fraction of sp³-hybridized carbons (Fsp3) is 0. The van der Waals surface area contributed by atoms with E-state index in [0.29, 0.717) is 0 Å². The minimum absolute atomic E-state index is 0.905. The second-order valence-corrected chi connectivity index (χ2v) is 15.3. The van der Waals surface area contributed by atoms with Gasteiger partial charge in [0.15, 0.2) is 0 Å². The molecule has 2 nitrogen and oxygen atoms in total. The van der Waals surface area contributed by atoms with Gasteiger partial charge < -0.3 is 9.32 Å². The van der Waals surface area contributed by atoms with Crippen molar-refractivity contribution in [2.24, 2.45) is 0 Å². The SMILES string of the molecule is c1ccc(-c2ccc(N(c3ccc(-c4ccc5oc6ccccc6c5c4)cc3)c3ccc(-c4ccccc4-c4cccc(-c5cccc6ccccc56)c4)cc3)cc2)cc1. The molecule has 0 bridgehead atoms. The Bertz CT molecular complexity index is 3280. The lowest BCUT2D eigenvalue weighted by Crippen LogP contribution is -2.09. The number of fused-ring (bicyclic) bond motifs is 4. The number of anilines is 3. The number of hydrogen-bond acceptors (Lipinski definition) is 2. The molecule has 0 radical (unpaired) electrons. The Balaban J connectivity index is 0.953. The molecule has 0 spiro atoms. The monoisotopic (exact) mass is 765 g/mol. The van der Waals surface area contributed by atoms with Crippen LogP contribution in [0.15, 0.2) is 241 Å². The Labute approximate surface area is 349 Å². The highest BCUT2D eigenvalue weighted by Crippen LogP contribution is 2.41. The highest BCUT2D eigenvalue weighted by Gasteiger charge is 2.16. The number of nitrogens with zero attached hydrogens (tertiary/aromatic N) is 1. The number of rotatable bonds is 8. The van der Waals surface area contributed by atoms with E-state index in [1.54, 1.807) is 0 Å². The van der Waals surface area contributed by atoms with Gasteiger partial charge in [-0.2, -0.15) is 0 Å². The minimum atomic E-state index is 0.905. The first-order chi connectivity index (χ1) is 29.7. The van der Waals surface area contributed by atoms with E-state index in [4.69, 9.17) is 4.42 Å². The lowest BCUT2D eigenvalue weighted by Gasteiger charge is -2.26. The molecule has 11 aromatic rings. The molecule has 0 unspecified atom stereocenters. The van der Waals surface area contributed by atoms with Gasteiger partial charge >= 0.3 is 0 Å². The largest absolute Gasteiger partial charge is 0.456 e. The van der Waals surface area contributed by atoms with Crippen LogP contribution >= 0.6 is 0 Å². The summed E-state index contributed by atoms with van der Waals surface area (Å²) in [5.41, 5.74) is 17.0. The lowest BCUT2D eigenvalue weighted by molar-refractivity contribution is 0.669. The third kappa shape index (κ3) is 6.51. The van der Waals surface area contributed by atoms with Crippen molar-refractivity contribution in [1.29, 1.82) is 0 Å². The van der Waals surface area contributed by atoms with Crippen LogP contribution in [0.4, 0.5) is 17.1 Å². The summed E-state index contributed by atoms with van der Waals surface area (Å²) in [5, 5.41) is 4.78. The van der Waals surface area contributed by atoms with Crippen LogP contribution in [-0.2, 0) is 0 Å². The van der Waals surface area contributed by atoms with Crippen molar-refractivity contribution in [3.05, 3.63) is 237 Å².